The summed E-state index contributed by atoms with van der Waals surface area (Å²) in [5.74, 6) is 0.694. The van der Waals surface area contributed by atoms with Crippen LogP contribution in [0.1, 0.15) is 45.7 Å². The summed E-state index contributed by atoms with van der Waals surface area (Å²) < 4.78 is 11.2. The number of rotatable bonds is 8. The molecule has 4 heteroatoms. The molecule has 0 radical (unpaired) electrons. The molecular weight excluding hydrogens is 274 g/mol. The molecule has 0 aliphatic heterocycles. The fourth-order valence-corrected chi connectivity index (χ4v) is 2.56. The van der Waals surface area contributed by atoms with Gasteiger partial charge in [-0.05, 0) is 51.4 Å². The van der Waals surface area contributed by atoms with Crippen LogP contribution in [0, 0.1) is 0 Å². The van der Waals surface area contributed by atoms with Crippen LogP contribution in [0.3, 0.4) is 0 Å². The molecule has 0 bridgehead atoms. The summed E-state index contributed by atoms with van der Waals surface area (Å²) in [6.45, 7) is 9.99. The van der Waals surface area contributed by atoms with E-state index in [0.29, 0.717) is 17.4 Å². The third-order valence-corrected chi connectivity index (χ3v) is 3.63. The highest BCUT2D eigenvalue weighted by Gasteiger charge is 2.31. The molecule has 1 rings (SSSR count). The number of nitrogens with one attached hydrogen (secondary N) is 1. The molecule has 0 saturated heterocycles. The van der Waals surface area contributed by atoms with E-state index in [1.165, 1.54) is 0 Å². The molecule has 1 aromatic carbocycles. The number of benzene rings is 1. The van der Waals surface area contributed by atoms with Crippen LogP contribution in [-0.2, 0) is 4.74 Å². The van der Waals surface area contributed by atoms with Gasteiger partial charge in [0.2, 0.25) is 0 Å². The van der Waals surface area contributed by atoms with Crippen molar-refractivity contribution in [3.8, 4) is 5.75 Å². The lowest BCUT2D eigenvalue weighted by molar-refractivity contribution is -0.0392. The first-order valence-electron chi connectivity index (χ1n) is 7.17. The number of halogens is 1. The van der Waals surface area contributed by atoms with Crippen molar-refractivity contribution in [2.75, 3.05) is 20.3 Å². The zero-order valence-corrected chi connectivity index (χ0v) is 13.9. The van der Waals surface area contributed by atoms with Crippen LogP contribution in [0.15, 0.2) is 18.2 Å². The van der Waals surface area contributed by atoms with Crippen molar-refractivity contribution >= 4 is 11.6 Å². The molecule has 0 aromatic heterocycles. The lowest BCUT2D eigenvalue weighted by atomic mass is 9.91. The van der Waals surface area contributed by atoms with E-state index < -0.39 is 0 Å². The van der Waals surface area contributed by atoms with Gasteiger partial charge in [-0.15, -0.1) is 0 Å². The molecule has 0 saturated carbocycles. The Labute approximate surface area is 127 Å². The average molecular weight is 300 g/mol. The normalized spacial score (nSPS) is 13.3. The first-order chi connectivity index (χ1) is 9.46. The highest BCUT2D eigenvalue weighted by Crippen LogP contribution is 2.33. The van der Waals surface area contributed by atoms with Gasteiger partial charge in [0.25, 0.3) is 0 Å². The number of ether oxygens (including phenoxy) is 2. The van der Waals surface area contributed by atoms with E-state index in [2.05, 4.69) is 26.1 Å². The first kappa shape index (κ1) is 17.3. The lowest BCUT2D eigenvalue weighted by Gasteiger charge is -2.35. The van der Waals surface area contributed by atoms with Crippen molar-refractivity contribution < 1.29 is 9.47 Å². The Balaban J connectivity index is 3.09. The Morgan fingerprint density at radius 2 is 2.00 bits per heavy atom. The highest BCUT2D eigenvalue weighted by molar-refractivity contribution is 6.32. The van der Waals surface area contributed by atoms with Gasteiger partial charge in [0, 0.05) is 6.61 Å². The molecule has 0 heterocycles. The van der Waals surface area contributed by atoms with E-state index in [-0.39, 0.29) is 11.6 Å². The smallest absolute Gasteiger partial charge is 0.137 e. The zero-order chi connectivity index (χ0) is 15.2. The number of methoxy groups -OCH3 is 1. The Kier molecular flexibility index (Phi) is 6.80. The quantitative estimate of drug-likeness (QED) is 0.780. The standard InChI is InChI=1S/C16H26ClNO2/c1-6-10-18-15(16(3,4)20-7-2)12-8-9-13(17)14(11-12)19-5/h8-9,11,15,18H,6-7,10H2,1-5H3. The fraction of sp³-hybridized carbons (Fsp3) is 0.625. The minimum atomic E-state index is -0.303. The Morgan fingerprint density at radius 1 is 1.30 bits per heavy atom. The second-order valence-electron chi connectivity index (χ2n) is 5.32. The van der Waals surface area contributed by atoms with Crippen molar-refractivity contribution in [1.29, 1.82) is 0 Å². The number of hydrogen-bond acceptors (Lipinski definition) is 3. The topological polar surface area (TPSA) is 30.5 Å². The predicted octanol–water partition coefficient (Wildman–Crippen LogP) is 4.20. The van der Waals surface area contributed by atoms with Crippen LogP contribution in [0.5, 0.6) is 5.75 Å². The maximum absolute atomic E-state index is 6.10. The van der Waals surface area contributed by atoms with Crippen molar-refractivity contribution in [3.05, 3.63) is 28.8 Å². The Hall–Kier alpha value is -0.770. The summed E-state index contributed by atoms with van der Waals surface area (Å²) in [6, 6.07) is 5.97. The lowest BCUT2D eigenvalue weighted by Crippen LogP contribution is -2.42. The van der Waals surface area contributed by atoms with Crippen LogP contribution < -0.4 is 10.1 Å². The van der Waals surface area contributed by atoms with E-state index in [1.54, 1.807) is 7.11 Å². The van der Waals surface area contributed by atoms with Crippen molar-refractivity contribution in [1.82, 2.24) is 5.32 Å². The zero-order valence-electron chi connectivity index (χ0n) is 13.1. The van der Waals surface area contributed by atoms with Gasteiger partial charge in [-0.1, -0.05) is 24.6 Å². The Bertz CT molecular complexity index is 421. The van der Waals surface area contributed by atoms with Gasteiger partial charge in [-0.2, -0.15) is 0 Å². The van der Waals surface area contributed by atoms with E-state index in [1.807, 2.05) is 25.1 Å². The summed E-state index contributed by atoms with van der Waals surface area (Å²) >= 11 is 6.10. The molecule has 114 valence electrons. The summed E-state index contributed by atoms with van der Waals surface area (Å²) in [5, 5.41) is 4.18. The summed E-state index contributed by atoms with van der Waals surface area (Å²) in [7, 11) is 1.63. The van der Waals surface area contributed by atoms with Gasteiger partial charge in [0.1, 0.15) is 5.75 Å². The minimum Gasteiger partial charge on any atom is -0.495 e. The van der Waals surface area contributed by atoms with Crippen molar-refractivity contribution in [2.24, 2.45) is 0 Å². The second kappa shape index (κ2) is 7.87. The minimum absolute atomic E-state index is 0.0913. The third kappa shape index (κ3) is 4.37. The van der Waals surface area contributed by atoms with Crippen LogP contribution in [0.2, 0.25) is 5.02 Å². The molecule has 0 aliphatic carbocycles. The molecule has 0 amide bonds. The van der Waals surface area contributed by atoms with Gasteiger partial charge >= 0.3 is 0 Å². The molecule has 20 heavy (non-hydrogen) atoms. The van der Waals surface area contributed by atoms with Crippen LogP contribution in [0.25, 0.3) is 0 Å². The predicted molar refractivity (Wildman–Crippen MR) is 84.7 cm³/mol. The first-order valence-corrected chi connectivity index (χ1v) is 7.54. The molecule has 3 nitrogen and oxygen atoms in total. The second-order valence-corrected chi connectivity index (χ2v) is 5.72. The third-order valence-electron chi connectivity index (χ3n) is 3.32. The SMILES string of the molecule is CCCNC(c1ccc(Cl)c(OC)c1)C(C)(C)OCC. The van der Waals surface area contributed by atoms with Crippen molar-refractivity contribution in [2.45, 2.75) is 45.8 Å². The molecular formula is C16H26ClNO2. The fourth-order valence-electron chi connectivity index (χ4n) is 2.36. The van der Waals surface area contributed by atoms with Crippen LogP contribution >= 0.6 is 11.6 Å². The van der Waals surface area contributed by atoms with E-state index >= 15 is 0 Å². The van der Waals surface area contributed by atoms with Gasteiger partial charge in [0.15, 0.2) is 0 Å². The highest BCUT2D eigenvalue weighted by atomic mass is 35.5. The van der Waals surface area contributed by atoms with Crippen LogP contribution in [0.4, 0.5) is 0 Å². The van der Waals surface area contributed by atoms with Gasteiger partial charge in [-0.3, -0.25) is 0 Å². The van der Waals surface area contributed by atoms with E-state index in [9.17, 15) is 0 Å². The van der Waals surface area contributed by atoms with Crippen molar-refractivity contribution in [3.63, 3.8) is 0 Å². The summed E-state index contributed by atoms with van der Waals surface area (Å²) in [5.41, 5.74) is 0.820. The molecule has 0 fully saturated rings. The maximum atomic E-state index is 6.10. The van der Waals surface area contributed by atoms with E-state index in [4.69, 9.17) is 21.1 Å². The molecule has 1 aromatic rings. The Morgan fingerprint density at radius 3 is 2.55 bits per heavy atom. The molecule has 1 unspecified atom stereocenters. The maximum Gasteiger partial charge on any atom is 0.137 e. The average Bonchev–Trinajstić information content (AvgIpc) is 2.40. The van der Waals surface area contributed by atoms with E-state index in [0.717, 1.165) is 18.5 Å². The molecule has 0 spiro atoms. The largest absolute Gasteiger partial charge is 0.495 e. The number of hydrogen-bond donors (Lipinski definition) is 1. The summed E-state index contributed by atoms with van der Waals surface area (Å²) in [4.78, 5) is 0. The van der Waals surface area contributed by atoms with Gasteiger partial charge in [0.05, 0.1) is 23.8 Å². The van der Waals surface area contributed by atoms with Gasteiger partial charge in [-0.25, -0.2) is 0 Å². The molecule has 1 atom stereocenters. The molecule has 0 aliphatic rings. The van der Waals surface area contributed by atoms with Gasteiger partial charge < -0.3 is 14.8 Å². The van der Waals surface area contributed by atoms with Crippen LogP contribution in [-0.4, -0.2) is 25.9 Å². The molecule has 1 N–H and O–H groups in total. The monoisotopic (exact) mass is 299 g/mol. The summed E-state index contributed by atoms with van der Waals surface area (Å²) in [6.07, 6.45) is 1.07.